The van der Waals surface area contributed by atoms with Crippen molar-refractivity contribution >= 4 is 16.8 Å². The number of fused-ring (bicyclic) bond motifs is 2. The molecule has 1 aromatic heterocycles. The Morgan fingerprint density at radius 2 is 1.79 bits per heavy atom. The van der Waals surface area contributed by atoms with Crippen molar-refractivity contribution in [2.75, 3.05) is 20.8 Å². The fraction of sp³-hybridized carbons (Fsp3) is 0.304. The van der Waals surface area contributed by atoms with Crippen LogP contribution in [0.1, 0.15) is 35.2 Å². The van der Waals surface area contributed by atoms with Gasteiger partial charge in [-0.25, -0.2) is 0 Å². The summed E-state index contributed by atoms with van der Waals surface area (Å²) in [6, 6.07) is 11.1. The number of amides is 1. The number of benzene rings is 2. The van der Waals surface area contributed by atoms with Crippen molar-refractivity contribution in [3.8, 4) is 11.5 Å². The Kier molecular flexibility index (Phi) is 4.78. The lowest BCUT2D eigenvalue weighted by molar-refractivity contribution is -0.130. The van der Waals surface area contributed by atoms with Crippen LogP contribution in [0.5, 0.6) is 11.5 Å². The van der Waals surface area contributed by atoms with Gasteiger partial charge in [-0.3, -0.25) is 9.59 Å². The molecule has 29 heavy (non-hydrogen) atoms. The summed E-state index contributed by atoms with van der Waals surface area (Å²) < 4.78 is 10.9. The highest BCUT2D eigenvalue weighted by molar-refractivity contribution is 5.81. The van der Waals surface area contributed by atoms with Crippen LogP contribution in [0.2, 0.25) is 0 Å². The number of hydrogen-bond donors (Lipinski definition) is 1. The molecular weight excluding hydrogens is 368 g/mol. The van der Waals surface area contributed by atoms with Crippen molar-refractivity contribution in [3.63, 3.8) is 0 Å². The zero-order valence-corrected chi connectivity index (χ0v) is 17.0. The molecule has 4 rings (SSSR count). The monoisotopic (exact) mass is 392 g/mol. The molecule has 150 valence electrons. The van der Waals surface area contributed by atoms with Gasteiger partial charge in [-0.2, -0.15) is 0 Å². The molecule has 3 aromatic rings. The second-order valence-corrected chi connectivity index (χ2v) is 7.42. The van der Waals surface area contributed by atoms with Crippen molar-refractivity contribution in [3.05, 3.63) is 69.0 Å². The summed E-state index contributed by atoms with van der Waals surface area (Å²) in [5.41, 5.74) is 4.18. The van der Waals surface area contributed by atoms with Crippen LogP contribution in [0.3, 0.4) is 0 Å². The van der Waals surface area contributed by atoms with Gasteiger partial charge < -0.3 is 19.4 Å². The van der Waals surface area contributed by atoms with Gasteiger partial charge in [-0.15, -0.1) is 0 Å². The van der Waals surface area contributed by atoms with Crippen molar-refractivity contribution in [2.24, 2.45) is 0 Å². The minimum absolute atomic E-state index is 0.0702. The van der Waals surface area contributed by atoms with Crippen LogP contribution >= 0.6 is 0 Å². The molecule has 1 N–H and O–H groups in total. The average Bonchev–Trinajstić information content (AvgIpc) is 2.71. The minimum Gasteiger partial charge on any atom is -0.493 e. The molecule has 0 radical (unpaired) electrons. The average molecular weight is 392 g/mol. The van der Waals surface area contributed by atoms with Gasteiger partial charge in [0.05, 0.1) is 20.3 Å². The van der Waals surface area contributed by atoms with Gasteiger partial charge in [-0.1, -0.05) is 11.6 Å². The number of methoxy groups -OCH3 is 2. The second kappa shape index (κ2) is 7.28. The number of carbonyl (C=O) groups excluding carboxylic acids is 1. The van der Waals surface area contributed by atoms with Crippen LogP contribution in [-0.2, 0) is 11.2 Å². The number of nitrogens with zero attached hydrogens (tertiary/aromatic N) is 1. The van der Waals surface area contributed by atoms with Crippen LogP contribution in [0.15, 0.2) is 41.2 Å². The molecule has 1 aliphatic rings. The molecule has 6 nitrogen and oxygen atoms in total. The minimum atomic E-state index is -0.482. The third-order valence-corrected chi connectivity index (χ3v) is 5.60. The van der Waals surface area contributed by atoms with E-state index in [1.165, 1.54) is 6.92 Å². The van der Waals surface area contributed by atoms with Crippen molar-refractivity contribution < 1.29 is 14.3 Å². The maximum Gasteiger partial charge on any atom is 0.254 e. The predicted octanol–water partition coefficient (Wildman–Crippen LogP) is 3.35. The highest BCUT2D eigenvalue weighted by Gasteiger charge is 2.33. The van der Waals surface area contributed by atoms with Crippen molar-refractivity contribution in [2.45, 2.75) is 26.3 Å². The number of aromatic amines is 1. The van der Waals surface area contributed by atoms with Crippen LogP contribution < -0.4 is 15.0 Å². The molecule has 2 aromatic carbocycles. The van der Waals surface area contributed by atoms with Gasteiger partial charge in [0, 0.05) is 24.5 Å². The molecule has 1 atom stereocenters. The fourth-order valence-corrected chi connectivity index (χ4v) is 4.17. The topological polar surface area (TPSA) is 71.6 Å². The van der Waals surface area contributed by atoms with E-state index in [4.69, 9.17) is 9.47 Å². The van der Waals surface area contributed by atoms with Gasteiger partial charge in [0.1, 0.15) is 0 Å². The summed E-state index contributed by atoms with van der Waals surface area (Å²) in [5.74, 6) is 1.15. The normalized spacial score (nSPS) is 15.9. The first kappa shape index (κ1) is 19.1. The van der Waals surface area contributed by atoms with Crippen LogP contribution in [0.4, 0.5) is 0 Å². The Hall–Kier alpha value is -3.28. The number of pyridine rings is 1. The smallest absolute Gasteiger partial charge is 0.254 e. The van der Waals surface area contributed by atoms with Gasteiger partial charge in [-0.05, 0) is 60.2 Å². The molecular formula is C23H24N2O4. The maximum absolute atomic E-state index is 13.0. The zero-order valence-electron chi connectivity index (χ0n) is 17.0. The molecule has 6 heteroatoms. The summed E-state index contributed by atoms with van der Waals surface area (Å²) in [7, 11) is 3.18. The molecule has 0 fully saturated rings. The Balaban J connectivity index is 1.98. The van der Waals surface area contributed by atoms with Crippen molar-refractivity contribution in [1.29, 1.82) is 0 Å². The number of rotatable bonds is 3. The summed E-state index contributed by atoms with van der Waals surface area (Å²) in [6.07, 6.45) is 0.691. The van der Waals surface area contributed by atoms with E-state index < -0.39 is 6.04 Å². The van der Waals surface area contributed by atoms with Crippen LogP contribution in [0, 0.1) is 6.92 Å². The molecule has 1 aliphatic heterocycles. The quantitative estimate of drug-likeness (QED) is 0.742. The number of nitrogens with one attached hydrogen (secondary N) is 1. The third kappa shape index (κ3) is 3.24. The van der Waals surface area contributed by atoms with E-state index in [2.05, 4.69) is 4.98 Å². The first-order valence-corrected chi connectivity index (χ1v) is 9.58. The van der Waals surface area contributed by atoms with E-state index in [0.717, 1.165) is 27.6 Å². The Morgan fingerprint density at radius 1 is 1.07 bits per heavy atom. The number of H-pyrrole nitrogens is 1. The van der Waals surface area contributed by atoms with Crippen molar-refractivity contribution in [1.82, 2.24) is 9.88 Å². The molecule has 1 amide bonds. The predicted molar refractivity (Wildman–Crippen MR) is 112 cm³/mol. The number of carbonyl (C=O) groups is 1. The summed E-state index contributed by atoms with van der Waals surface area (Å²) in [4.78, 5) is 30.2. The number of ether oxygens (including phenoxy) is 2. The summed E-state index contributed by atoms with van der Waals surface area (Å²) >= 11 is 0. The molecule has 0 unspecified atom stereocenters. The first-order valence-electron chi connectivity index (χ1n) is 9.58. The van der Waals surface area contributed by atoms with E-state index in [1.54, 1.807) is 19.1 Å². The maximum atomic E-state index is 13.0. The van der Waals surface area contributed by atoms with Gasteiger partial charge in [0.15, 0.2) is 11.5 Å². The lowest BCUT2D eigenvalue weighted by atomic mass is 9.87. The third-order valence-electron chi connectivity index (χ3n) is 5.60. The lowest BCUT2D eigenvalue weighted by Gasteiger charge is -2.37. The molecule has 0 aliphatic carbocycles. The second-order valence-electron chi connectivity index (χ2n) is 7.42. The van der Waals surface area contributed by atoms with Gasteiger partial charge in [0.2, 0.25) is 5.91 Å². The molecule has 2 heterocycles. The number of aromatic nitrogens is 1. The van der Waals surface area contributed by atoms with E-state index in [-0.39, 0.29) is 11.5 Å². The lowest BCUT2D eigenvalue weighted by Crippen LogP contribution is -2.41. The molecule has 0 bridgehead atoms. The largest absolute Gasteiger partial charge is 0.493 e. The van der Waals surface area contributed by atoms with Gasteiger partial charge >= 0.3 is 0 Å². The van der Waals surface area contributed by atoms with E-state index in [0.29, 0.717) is 30.0 Å². The van der Waals surface area contributed by atoms with E-state index in [9.17, 15) is 9.59 Å². The fourth-order valence-electron chi connectivity index (χ4n) is 4.17. The highest BCUT2D eigenvalue weighted by Crippen LogP contribution is 2.40. The molecule has 0 spiro atoms. The zero-order chi connectivity index (χ0) is 20.7. The number of hydrogen-bond acceptors (Lipinski definition) is 4. The van der Waals surface area contributed by atoms with E-state index in [1.807, 2.05) is 43.3 Å². The first-order chi connectivity index (χ1) is 13.9. The Labute approximate surface area is 169 Å². The Bertz CT molecular complexity index is 1170. The summed E-state index contributed by atoms with van der Waals surface area (Å²) in [6.45, 7) is 4.09. The van der Waals surface area contributed by atoms with E-state index >= 15 is 0 Å². The molecule has 0 saturated heterocycles. The highest BCUT2D eigenvalue weighted by atomic mass is 16.5. The van der Waals surface area contributed by atoms with Crippen LogP contribution in [0.25, 0.3) is 10.9 Å². The number of aryl methyl sites for hydroxylation is 1. The Morgan fingerprint density at radius 3 is 2.48 bits per heavy atom. The molecule has 0 saturated carbocycles. The standard InChI is InChI=1S/C23H24N2O4/c1-13-5-6-19-16(9-13)10-18(23(27)24-19)22-17-12-21(29-4)20(28-3)11-15(17)7-8-25(22)14(2)26/h5-6,9-12,22H,7-8H2,1-4H3,(H,24,27)/t22-/m1/s1. The SMILES string of the molecule is COc1cc2c(cc1OC)[C@H](c1cc3cc(C)ccc3[nH]c1=O)N(C(C)=O)CC2. The van der Waals surface area contributed by atoms with Crippen LogP contribution in [-0.4, -0.2) is 36.6 Å². The van der Waals surface area contributed by atoms with Gasteiger partial charge in [0.25, 0.3) is 5.56 Å². The summed E-state index contributed by atoms with van der Waals surface area (Å²) in [5, 5.41) is 0.940.